The van der Waals surface area contributed by atoms with Crippen LogP contribution in [0.5, 0.6) is 0 Å². The van der Waals surface area contributed by atoms with Crippen LogP contribution < -0.4 is 11.1 Å². The van der Waals surface area contributed by atoms with Crippen LogP contribution in [0, 0.1) is 0 Å². The summed E-state index contributed by atoms with van der Waals surface area (Å²) < 4.78 is 5.29. The monoisotopic (exact) mass is 286 g/mol. The quantitative estimate of drug-likeness (QED) is 0.601. The van der Waals surface area contributed by atoms with Crippen molar-refractivity contribution in [2.75, 3.05) is 7.11 Å². The zero-order valence-electron chi connectivity index (χ0n) is 12.3. The molecule has 0 aromatic rings. The van der Waals surface area contributed by atoms with Crippen LogP contribution in [-0.4, -0.2) is 29.1 Å². The molecule has 0 saturated heterocycles. The molecular weight excluding hydrogens is 260 g/mol. The lowest BCUT2D eigenvalue weighted by molar-refractivity contribution is -0.127. The van der Waals surface area contributed by atoms with Gasteiger partial charge >= 0.3 is 0 Å². The molecule has 0 aliphatic heterocycles. The van der Waals surface area contributed by atoms with Gasteiger partial charge in [0.1, 0.15) is 0 Å². The van der Waals surface area contributed by atoms with E-state index in [9.17, 15) is 4.79 Å². The normalized spacial score (nSPS) is 19.5. The fraction of sp³-hybridized carbons (Fsp3) is 0.857. The van der Waals surface area contributed by atoms with Crippen LogP contribution in [0.25, 0.3) is 0 Å². The molecular formula is C14H26N2O2S. The zero-order valence-corrected chi connectivity index (χ0v) is 13.1. The van der Waals surface area contributed by atoms with Gasteiger partial charge in [0.15, 0.2) is 0 Å². The molecule has 1 fully saturated rings. The number of carbonyl (C=O) groups is 1. The Balaban J connectivity index is 2.73. The average Bonchev–Trinajstić information content (AvgIpc) is 2.55. The maximum atomic E-state index is 12.2. The molecule has 0 unspecified atom stereocenters. The molecule has 1 aliphatic carbocycles. The Kier molecular flexibility index (Phi) is 5.74. The topological polar surface area (TPSA) is 64.3 Å². The Morgan fingerprint density at radius 2 is 1.84 bits per heavy atom. The van der Waals surface area contributed by atoms with Gasteiger partial charge in [0, 0.05) is 7.11 Å². The summed E-state index contributed by atoms with van der Waals surface area (Å²) in [6.07, 6.45) is 6.50. The third kappa shape index (κ3) is 4.73. The lowest BCUT2D eigenvalue weighted by atomic mass is 9.89. The summed E-state index contributed by atoms with van der Waals surface area (Å²) >= 11 is 5.21. The molecule has 0 spiro atoms. The van der Waals surface area contributed by atoms with E-state index in [1.807, 2.05) is 13.8 Å². The summed E-state index contributed by atoms with van der Waals surface area (Å²) in [6, 6.07) is 0. The Labute approximate surface area is 121 Å². The third-order valence-electron chi connectivity index (χ3n) is 3.95. The van der Waals surface area contributed by atoms with Crippen molar-refractivity contribution < 1.29 is 9.53 Å². The van der Waals surface area contributed by atoms with Crippen LogP contribution in [0.4, 0.5) is 0 Å². The Morgan fingerprint density at radius 1 is 1.32 bits per heavy atom. The summed E-state index contributed by atoms with van der Waals surface area (Å²) in [7, 11) is 1.61. The molecule has 1 saturated carbocycles. The van der Waals surface area contributed by atoms with E-state index in [2.05, 4.69) is 5.32 Å². The molecule has 5 heteroatoms. The predicted molar refractivity (Wildman–Crippen MR) is 81.1 cm³/mol. The third-order valence-corrected chi connectivity index (χ3v) is 4.34. The first kappa shape index (κ1) is 16.4. The second-order valence-corrected chi connectivity index (χ2v) is 6.49. The number of hydrogen-bond acceptors (Lipinski definition) is 3. The van der Waals surface area contributed by atoms with Crippen molar-refractivity contribution in [2.45, 2.75) is 69.9 Å². The number of methoxy groups -OCH3 is 1. The average molecular weight is 286 g/mol. The molecule has 0 aromatic carbocycles. The molecule has 4 nitrogen and oxygen atoms in total. The zero-order chi connectivity index (χ0) is 14.5. The van der Waals surface area contributed by atoms with Gasteiger partial charge in [0.05, 0.1) is 22.5 Å². The highest BCUT2D eigenvalue weighted by molar-refractivity contribution is 7.80. The van der Waals surface area contributed by atoms with E-state index in [-0.39, 0.29) is 5.91 Å². The SMILES string of the molecule is COC(C)(C)CC(=O)NC1(C(N)=S)CCCCCC1. The summed E-state index contributed by atoms with van der Waals surface area (Å²) in [5, 5.41) is 3.08. The van der Waals surface area contributed by atoms with Crippen LogP contribution in [0.2, 0.25) is 0 Å². The molecule has 0 atom stereocenters. The first-order valence-electron chi connectivity index (χ1n) is 6.97. The van der Waals surface area contributed by atoms with Crippen molar-refractivity contribution in [1.82, 2.24) is 5.32 Å². The summed E-state index contributed by atoms with van der Waals surface area (Å²) in [5.41, 5.74) is 4.94. The first-order valence-corrected chi connectivity index (χ1v) is 7.38. The molecule has 3 N–H and O–H groups in total. The fourth-order valence-electron chi connectivity index (χ4n) is 2.54. The number of nitrogens with one attached hydrogen (secondary N) is 1. The van der Waals surface area contributed by atoms with Crippen LogP contribution in [0.1, 0.15) is 58.8 Å². The Bertz CT molecular complexity index is 334. The highest BCUT2D eigenvalue weighted by atomic mass is 32.1. The van der Waals surface area contributed by atoms with Gasteiger partial charge in [0.2, 0.25) is 5.91 Å². The number of nitrogens with two attached hydrogens (primary N) is 1. The second kappa shape index (κ2) is 6.66. The van der Waals surface area contributed by atoms with Crippen molar-refractivity contribution in [3.63, 3.8) is 0 Å². The molecule has 1 amide bonds. The van der Waals surface area contributed by atoms with E-state index in [1.165, 1.54) is 12.8 Å². The van der Waals surface area contributed by atoms with Gasteiger partial charge in [-0.2, -0.15) is 0 Å². The summed E-state index contributed by atoms with van der Waals surface area (Å²) in [6.45, 7) is 3.79. The first-order chi connectivity index (χ1) is 8.81. The largest absolute Gasteiger partial charge is 0.391 e. The number of hydrogen-bond donors (Lipinski definition) is 2. The number of carbonyl (C=O) groups excluding carboxylic acids is 1. The minimum absolute atomic E-state index is 0.0402. The Hall–Kier alpha value is -0.680. The van der Waals surface area contributed by atoms with E-state index >= 15 is 0 Å². The van der Waals surface area contributed by atoms with Crippen molar-refractivity contribution in [3.05, 3.63) is 0 Å². The van der Waals surface area contributed by atoms with Crippen molar-refractivity contribution in [3.8, 4) is 0 Å². The van der Waals surface area contributed by atoms with Crippen LogP contribution in [0.3, 0.4) is 0 Å². The molecule has 1 aliphatic rings. The van der Waals surface area contributed by atoms with Gasteiger partial charge in [0.25, 0.3) is 0 Å². The maximum absolute atomic E-state index is 12.2. The van der Waals surface area contributed by atoms with Crippen LogP contribution in [-0.2, 0) is 9.53 Å². The van der Waals surface area contributed by atoms with Crippen molar-refractivity contribution >= 4 is 23.1 Å². The molecule has 0 heterocycles. The van der Waals surface area contributed by atoms with E-state index in [1.54, 1.807) is 7.11 Å². The van der Waals surface area contributed by atoms with E-state index < -0.39 is 11.1 Å². The minimum Gasteiger partial charge on any atom is -0.391 e. The minimum atomic E-state index is -0.493. The number of rotatable bonds is 5. The van der Waals surface area contributed by atoms with Gasteiger partial charge in [-0.1, -0.05) is 37.9 Å². The summed E-state index contributed by atoms with van der Waals surface area (Å²) in [4.78, 5) is 12.6. The fourth-order valence-corrected chi connectivity index (χ4v) is 2.79. The smallest absolute Gasteiger partial charge is 0.223 e. The lowest BCUT2D eigenvalue weighted by Gasteiger charge is -2.34. The second-order valence-electron chi connectivity index (χ2n) is 6.05. The number of ether oxygens (including phenoxy) is 1. The van der Waals surface area contributed by atoms with Crippen LogP contribution >= 0.6 is 12.2 Å². The lowest BCUT2D eigenvalue weighted by Crippen LogP contribution is -2.57. The van der Waals surface area contributed by atoms with E-state index in [0.29, 0.717) is 11.4 Å². The molecule has 0 aromatic heterocycles. The van der Waals surface area contributed by atoms with Gasteiger partial charge in [-0.3, -0.25) is 4.79 Å². The molecule has 0 bridgehead atoms. The molecule has 110 valence electrons. The van der Waals surface area contributed by atoms with E-state index in [4.69, 9.17) is 22.7 Å². The highest BCUT2D eigenvalue weighted by Crippen LogP contribution is 2.28. The van der Waals surface area contributed by atoms with Gasteiger partial charge in [-0.05, 0) is 26.7 Å². The molecule has 19 heavy (non-hydrogen) atoms. The molecule has 0 radical (unpaired) electrons. The van der Waals surface area contributed by atoms with Gasteiger partial charge in [-0.15, -0.1) is 0 Å². The summed E-state index contributed by atoms with van der Waals surface area (Å²) in [5.74, 6) is -0.0402. The number of thiocarbonyl (C=S) groups is 1. The van der Waals surface area contributed by atoms with Gasteiger partial charge < -0.3 is 15.8 Å². The van der Waals surface area contributed by atoms with E-state index in [0.717, 1.165) is 25.7 Å². The Morgan fingerprint density at radius 3 is 2.26 bits per heavy atom. The predicted octanol–water partition coefficient (Wildman–Crippen LogP) is 2.30. The standard InChI is InChI=1S/C14H26N2O2S/c1-13(2,18-3)10-11(17)16-14(12(15)19)8-6-4-5-7-9-14/h4-10H2,1-3H3,(H2,15,19)(H,16,17). The van der Waals surface area contributed by atoms with Crippen molar-refractivity contribution in [2.24, 2.45) is 5.73 Å². The highest BCUT2D eigenvalue weighted by Gasteiger charge is 2.36. The van der Waals surface area contributed by atoms with Crippen molar-refractivity contribution in [1.29, 1.82) is 0 Å². The van der Waals surface area contributed by atoms with Crippen LogP contribution in [0.15, 0.2) is 0 Å². The maximum Gasteiger partial charge on any atom is 0.223 e. The molecule has 1 rings (SSSR count). The number of amides is 1. The van der Waals surface area contributed by atoms with Gasteiger partial charge in [-0.25, -0.2) is 0 Å².